The lowest BCUT2D eigenvalue weighted by atomic mass is 9.89. The van der Waals surface area contributed by atoms with Crippen molar-refractivity contribution in [3.63, 3.8) is 0 Å². The van der Waals surface area contributed by atoms with Gasteiger partial charge < -0.3 is 10.6 Å². The molecule has 150 valence electrons. The number of nitrogens with zero attached hydrogens (tertiary/aromatic N) is 1. The highest BCUT2D eigenvalue weighted by atomic mass is 32.2. The molecule has 0 radical (unpaired) electrons. The van der Waals surface area contributed by atoms with Crippen molar-refractivity contribution < 1.29 is 18.0 Å². The van der Waals surface area contributed by atoms with Crippen LogP contribution in [0.25, 0.3) is 10.2 Å². The van der Waals surface area contributed by atoms with Gasteiger partial charge in [-0.3, -0.25) is 9.59 Å². The second-order valence-electron chi connectivity index (χ2n) is 7.06. The topological polar surface area (TPSA) is 105 Å². The number of nitrogens with one attached hydrogen (secondary N) is 2. The molecule has 0 fully saturated rings. The van der Waals surface area contributed by atoms with Crippen LogP contribution in [0.5, 0.6) is 0 Å². The Morgan fingerprint density at radius 3 is 2.86 bits per heavy atom. The second-order valence-corrected chi connectivity index (χ2v) is 10.1. The second kappa shape index (κ2) is 7.57. The molecular formula is C20H19N3O4S2. The quantitative estimate of drug-likeness (QED) is 0.648. The lowest BCUT2D eigenvalue weighted by molar-refractivity contribution is -0.121. The molecule has 4 rings (SSSR count). The van der Waals surface area contributed by atoms with Crippen LogP contribution < -0.4 is 10.6 Å². The minimum atomic E-state index is -3.30. The molecular weight excluding hydrogens is 410 g/mol. The van der Waals surface area contributed by atoms with Crippen molar-refractivity contribution >= 4 is 54.0 Å². The van der Waals surface area contributed by atoms with Crippen molar-refractivity contribution in [1.29, 1.82) is 0 Å². The molecule has 1 aromatic heterocycles. The van der Waals surface area contributed by atoms with Crippen molar-refractivity contribution in [3.8, 4) is 0 Å². The summed E-state index contributed by atoms with van der Waals surface area (Å²) in [7, 11) is -3.30. The SMILES string of the molecule is CS(=O)(=O)c1ccc2nc(NC(=O)CCC3Cc4ccccc4NC3=O)sc2c1. The molecule has 0 bridgehead atoms. The molecule has 1 atom stereocenters. The Bertz CT molecular complexity index is 1220. The summed E-state index contributed by atoms with van der Waals surface area (Å²) in [6.45, 7) is 0. The van der Waals surface area contributed by atoms with Crippen molar-refractivity contribution in [2.24, 2.45) is 5.92 Å². The lowest BCUT2D eigenvalue weighted by Crippen LogP contribution is -2.30. The maximum Gasteiger partial charge on any atom is 0.227 e. The predicted molar refractivity (Wildman–Crippen MR) is 113 cm³/mol. The molecule has 9 heteroatoms. The molecule has 1 aliphatic heterocycles. The zero-order valence-corrected chi connectivity index (χ0v) is 17.3. The van der Waals surface area contributed by atoms with E-state index in [1.807, 2.05) is 24.3 Å². The van der Waals surface area contributed by atoms with E-state index in [2.05, 4.69) is 15.6 Å². The number of carbonyl (C=O) groups is 2. The molecule has 2 N–H and O–H groups in total. The average Bonchev–Trinajstić information content (AvgIpc) is 3.07. The number of benzene rings is 2. The molecule has 7 nitrogen and oxygen atoms in total. The summed E-state index contributed by atoms with van der Waals surface area (Å²) in [6, 6.07) is 12.4. The van der Waals surface area contributed by atoms with E-state index >= 15 is 0 Å². The van der Waals surface area contributed by atoms with Crippen LogP contribution in [0.2, 0.25) is 0 Å². The number of amides is 2. The van der Waals surface area contributed by atoms with Crippen molar-refractivity contribution in [2.45, 2.75) is 24.2 Å². The molecule has 2 heterocycles. The van der Waals surface area contributed by atoms with Gasteiger partial charge in [0.15, 0.2) is 15.0 Å². The van der Waals surface area contributed by atoms with E-state index in [1.54, 1.807) is 12.1 Å². The summed E-state index contributed by atoms with van der Waals surface area (Å²) in [5, 5.41) is 6.05. The van der Waals surface area contributed by atoms with E-state index in [9.17, 15) is 18.0 Å². The molecule has 2 aromatic carbocycles. The maximum atomic E-state index is 12.3. The van der Waals surface area contributed by atoms with Gasteiger partial charge in [0.2, 0.25) is 11.8 Å². The van der Waals surface area contributed by atoms with Crippen molar-refractivity contribution in [1.82, 2.24) is 4.98 Å². The number of para-hydroxylation sites is 1. The Labute approximate surface area is 172 Å². The number of anilines is 2. The number of aromatic nitrogens is 1. The average molecular weight is 430 g/mol. The fraction of sp³-hybridized carbons (Fsp3) is 0.250. The van der Waals surface area contributed by atoms with Crippen molar-refractivity contribution in [2.75, 3.05) is 16.9 Å². The summed E-state index contributed by atoms with van der Waals surface area (Å²) in [5.74, 6) is -0.535. The Balaban J connectivity index is 1.39. The summed E-state index contributed by atoms with van der Waals surface area (Å²) in [5.41, 5.74) is 2.53. The van der Waals surface area contributed by atoms with Gasteiger partial charge in [-0.05, 0) is 42.7 Å². The predicted octanol–water partition coefficient (Wildman–Crippen LogP) is 3.23. The molecule has 1 aliphatic rings. The van der Waals surface area contributed by atoms with Crippen molar-refractivity contribution in [3.05, 3.63) is 48.0 Å². The van der Waals surface area contributed by atoms with Crippen LogP contribution in [0, 0.1) is 5.92 Å². The fourth-order valence-electron chi connectivity index (χ4n) is 3.32. The van der Waals surface area contributed by atoms with E-state index in [1.165, 1.54) is 17.4 Å². The first-order valence-corrected chi connectivity index (χ1v) is 11.8. The van der Waals surface area contributed by atoms with Gasteiger partial charge in [0.25, 0.3) is 0 Å². The highest BCUT2D eigenvalue weighted by molar-refractivity contribution is 7.90. The van der Waals surface area contributed by atoms with Crippen LogP contribution in [0.3, 0.4) is 0 Å². The van der Waals surface area contributed by atoms with Crippen LogP contribution in [-0.2, 0) is 25.8 Å². The smallest absolute Gasteiger partial charge is 0.227 e. The maximum absolute atomic E-state index is 12.3. The van der Waals surface area contributed by atoms with Gasteiger partial charge >= 0.3 is 0 Å². The lowest BCUT2D eigenvalue weighted by Gasteiger charge is -2.24. The molecule has 29 heavy (non-hydrogen) atoms. The first-order chi connectivity index (χ1) is 13.8. The van der Waals surface area contributed by atoms with Gasteiger partial charge in [-0.1, -0.05) is 29.5 Å². The fourth-order valence-corrected chi connectivity index (χ4v) is 4.97. The van der Waals surface area contributed by atoms with E-state index in [4.69, 9.17) is 0 Å². The Morgan fingerprint density at radius 1 is 1.28 bits per heavy atom. The number of fused-ring (bicyclic) bond motifs is 2. The molecule has 1 unspecified atom stereocenters. The van der Waals surface area contributed by atoms with E-state index in [0.29, 0.717) is 28.2 Å². The Hall–Kier alpha value is -2.78. The van der Waals surface area contributed by atoms with Crippen LogP contribution in [0.1, 0.15) is 18.4 Å². The van der Waals surface area contributed by atoms with E-state index in [-0.39, 0.29) is 29.0 Å². The third kappa shape index (κ3) is 4.30. The van der Waals surface area contributed by atoms with Gasteiger partial charge in [-0.2, -0.15) is 0 Å². The number of thiazole rings is 1. The highest BCUT2D eigenvalue weighted by Crippen LogP contribution is 2.30. The van der Waals surface area contributed by atoms with E-state index in [0.717, 1.165) is 17.5 Å². The van der Waals surface area contributed by atoms with Gasteiger partial charge in [-0.25, -0.2) is 13.4 Å². The monoisotopic (exact) mass is 429 g/mol. The minimum Gasteiger partial charge on any atom is -0.326 e. The molecule has 0 saturated heterocycles. The molecule has 0 saturated carbocycles. The molecule has 3 aromatic rings. The number of carbonyl (C=O) groups excluding carboxylic acids is 2. The van der Waals surface area contributed by atoms with Gasteiger partial charge in [-0.15, -0.1) is 0 Å². The van der Waals surface area contributed by atoms with Crippen LogP contribution in [0.15, 0.2) is 47.4 Å². The van der Waals surface area contributed by atoms with Gasteiger partial charge in [0, 0.05) is 24.3 Å². The number of hydrogen-bond donors (Lipinski definition) is 2. The zero-order chi connectivity index (χ0) is 20.6. The first-order valence-electron chi connectivity index (χ1n) is 9.09. The molecule has 0 spiro atoms. The number of hydrogen-bond acceptors (Lipinski definition) is 6. The van der Waals surface area contributed by atoms with E-state index < -0.39 is 9.84 Å². The Kier molecular flexibility index (Phi) is 5.10. The summed E-state index contributed by atoms with van der Waals surface area (Å²) < 4.78 is 24.1. The first kappa shape index (κ1) is 19.5. The van der Waals surface area contributed by atoms with Gasteiger partial charge in [0.1, 0.15) is 0 Å². The number of rotatable bonds is 5. The molecule has 2 amide bonds. The Morgan fingerprint density at radius 2 is 2.07 bits per heavy atom. The summed E-state index contributed by atoms with van der Waals surface area (Å²) in [4.78, 5) is 29.1. The van der Waals surface area contributed by atoms with Gasteiger partial charge in [0.05, 0.1) is 15.1 Å². The van der Waals surface area contributed by atoms with Crippen LogP contribution >= 0.6 is 11.3 Å². The van der Waals surface area contributed by atoms with Crippen LogP contribution in [-0.4, -0.2) is 31.5 Å². The zero-order valence-electron chi connectivity index (χ0n) is 15.6. The largest absolute Gasteiger partial charge is 0.326 e. The normalized spacial score (nSPS) is 16.3. The van der Waals surface area contributed by atoms with Crippen LogP contribution in [0.4, 0.5) is 10.8 Å². The minimum absolute atomic E-state index is 0.0650. The highest BCUT2D eigenvalue weighted by Gasteiger charge is 2.26. The third-order valence-electron chi connectivity index (χ3n) is 4.87. The summed E-state index contributed by atoms with van der Waals surface area (Å²) in [6.07, 6.45) is 2.41. The summed E-state index contributed by atoms with van der Waals surface area (Å²) >= 11 is 1.22. The molecule has 0 aliphatic carbocycles. The number of sulfone groups is 1. The third-order valence-corrected chi connectivity index (χ3v) is 6.91. The standard InChI is InChI=1S/C20H19N3O4S2/c1-29(26,27)14-7-8-16-17(11-14)28-20(22-16)23-18(24)9-6-13-10-12-4-2-3-5-15(12)21-19(13)25/h2-5,7-8,11,13H,6,9-10H2,1H3,(H,21,25)(H,22,23,24).